The van der Waals surface area contributed by atoms with Crippen LogP contribution in [0.5, 0.6) is 5.75 Å². The van der Waals surface area contributed by atoms with Gasteiger partial charge in [0.1, 0.15) is 11.8 Å². The van der Waals surface area contributed by atoms with Crippen molar-refractivity contribution in [3.8, 4) is 5.75 Å². The largest absolute Gasteiger partial charge is 0.497 e. The zero-order valence-electron chi connectivity index (χ0n) is 17.9. The molecule has 2 aromatic rings. The van der Waals surface area contributed by atoms with Gasteiger partial charge in [0.15, 0.2) is 0 Å². The molecule has 1 aliphatic rings. The Labute approximate surface area is 178 Å². The summed E-state index contributed by atoms with van der Waals surface area (Å²) in [4.78, 5) is 25.8. The summed E-state index contributed by atoms with van der Waals surface area (Å²) in [6.07, 6.45) is 1.42. The van der Waals surface area contributed by atoms with Gasteiger partial charge in [-0.1, -0.05) is 56.7 Å². The number of hydrogen-bond acceptors (Lipinski definition) is 4. The number of carbonyl (C=O) groups is 2. The van der Waals surface area contributed by atoms with Crippen LogP contribution in [0.4, 0.5) is 0 Å². The van der Waals surface area contributed by atoms with Crippen molar-refractivity contribution in [1.29, 1.82) is 0 Å². The highest BCUT2D eigenvalue weighted by Crippen LogP contribution is 2.17. The molecule has 0 saturated carbocycles. The topological polar surface area (TPSA) is 79.5 Å². The predicted molar refractivity (Wildman–Crippen MR) is 117 cm³/mol. The van der Waals surface area contributed by atoms with Crippen molar-refractivity contribution in [3.05, 3.63) is 65.2 Å². The summed E-state index contributed by atoms with van der Waals surface area (Å²) < 4.78 is 5.16. The van der Waals surface area contributed by atoms with Crippen LogP contribution < -0.4 is 20.7 Å². The van der Waals surface area contributed by atoms with Gasteiger partial charge in [-0.25, -0.2) is 0 Å². The SMILES string of the molecule is CC[C@H](C)[C@H](NC(=O)[C@H]1Cc2ccccc2CN1)C(=O)NCc1ccc(OC)cc1. The highest BCUT2D eigenvalue weighted by atomic mass is 16.5. The highest BCUT2D eigenvalue weighted by Gasteiger charge is 2.30. The lowest BCUT2D eigenvalue weighted by Crippen LogP contribution is -2.56. The van der Waals surface area contributed by atoms with Gasteiger partial charge in [-0.05, 0) is 41.2 Å². The normalized spacial score (nSPS) is 17.4. The van der Waals surface area contributed by atoms with Crippen LogP contribution in [-0.4, -0.2) is 31.0 Å². The van der Waals surface area contributed by atoms with Gasteiger partial charge in [0, 0.05) is 13.1 Å². The minimum Gasteiger partial charge on any atom is -0.497 e. The molecular weight excluding hydrogens is 378 g/mol. The predicted octanol–water partition coefficient (Wildman–Crippen LogP) is 2.56. The molecule has 0 radical (unpaired) electrons. The Kier molecular flexibility index (Phi) is 7.46. The first-order valence-electron chi connectivity index (χ1n) is 10.5. The molecule has 160 valence electrons. The lowest BCUT2D eigenvalue weighted by atomic mass is 9.94. The van der Waals surface area contributed by atoms with Gasteiger partial charge >= 0.3 is 0 Å². The Morgan fingerprint density at radius 1 is 1.13 bits per heavy atom. The molecule has 6 heteroatoms. The number of amides is 2. The maximum Gasteiger partial charge on any atom is 0.243 e. The van der Waals surface area contributed by atoms with E-state index in [2.05, 4.69) is 28.1 Å². The minimum atomic E-state index is -0.570. The van der Waals surface area contributed by atoms with E-state index >= 15 is 0 Å². The fraction of sp³-hybridized carbons (Fsp3) is 0.417. The number of ether oxygens (including phenoxy) is 1. The van der Waals surface area contributed by atoms with E-state index in [-0.39, 0.29) is 23.8 Å². The van der Waals surface area contributed by atoms with E-state index < -0.39 is 6.04 Å². The number of hydrogen-bond donors (Lipinski definition) is 3. The minimum absolute atomic E-state index is 0.0284. The van der Waals surface area contributed by atoms with E-state index in [9.17, 15) is 9.59 Å². The summed E-state index contributed by atoms with van der Waals surface area (Å²) in [5, 5.41) is 9.24. The maximum atomic E-state index is 12.9. The molecule has 0 aromatic heterocycles. The average Bonchev–Trinajstić information content (AvgIpc) is 2.80. The first-order chi connectivity index (χ1) is 14.5. The molecule has 0 unspecified atom stereocenters. The Morgan fingerprint density at radius 3 is 2.50 bits per heavy atom. The number of carbonyl (C=O) groups excluding carboxylic acids is 2. The Bertz CT molecular complexity index is 866. The van der Waals surface area contributed by atoms with Crippen molar-refractivity contribution in [3.63, 3.8) is 0 Å². The first-order valence-corrected chi connectivity index (χ1v) is 10.5. The standard InChI is InChI=1S/C24H31N3O3/c1-4-16(2)22(24(29)26-14-17-9-11-20(30-3)12-10-17)27-23(28)21-13-18-7-5-6-8-19(18)15-25-21/h5-12,16,21-22,25H,4,13-15H2,1-3H3,(H,26,29)(H,27,28)/t16-,21+,22-/m0/s1. The lowest BCUT2D eigenvalue weighted by Gasteiger charge is -2.29. The van der Waals surface area contributed by atoms with Crippen LogP contribution in [0.15, 0.2) is 48.5 Å². The van der Waals surface area contributed by atoms with Gasteiger partial charge in [0.25, 0.3) is 0 Å². The van der Waals surface area contributed by atoms with Crippen LogP contribution in [0.1, 0.15) is 37.0 Å². The van der Waals surface area contributed by atoms with Gasteiger partial charge in [-0.3, -0.25) is 9.59 Å². The van der Waals surface area contributed by atoms with Crippen LogP contribution in [0.25, 0.3) is 0 Å². The molecule has 0 spiro atoms. The molecule has 3 atom stereocenters. The van der Waals surface area contributed by atoms with Gasteiger partial charge in [0.2, 0.25) is 11.8 Å². The van der Waals surface area contributed by atoms with Crippen LogP contribution >= 0.6 is 0 Å². The molecule has 0 bridgehead atoms. The molecule has 0 aliphatic carbocycles. The molecule has 0 fully saturated rings. The number of rotatable bonds is 8. The van der Waals surface area contributed by atoms with Gasteiger partial charge in [-0.2, -0.15) is 0 Å². The van der Waals surface area contributed by atoms with Crippen molar-refractivity contribution in [1.82, 2.24) is 16.0 Å². The number of fused-ring (bicyclic) bond motifs is 1. The van der Waals surface area contributed by atoms with Crippen LogP contribution in [0.2, 0.25) is 0 Å². The van der Waals surface area contributed by atoms with Crippen molar-refractivity contribution in [2.75, 3.05) is 7.11 Å². The van der Waals surface area contributed by atoms with Crippen LogP contribution in [0, 0.1) is 5.92 Å². The van der Waals surface area contributed by atoms with Crippen LogP contribution in [-0.2, 0) is 29.1 Å². The third kappa shape index (κ3) is 5.39. The average molecular weight is 410 g/mol. The molecule has 30 heavy (non-hydrogen) atoms. The molecule has 6 nitrogen and oxygen atoms in total. The molecule has 3 N–H and O–H groups in total. The summed E-state index contributed by atoms with van der Waals surface area (Å²) in [6.45, 7) is 5.07. The monoisotopic (exact) mass is 409 g/mol. The molecule has 1 aliphatic heterocycles. The molecular formula is C24H31N3O3. The summed E-state index contributed by atoms with van der Waals surface area (Å²) >= 11 is 0. The Morgan fingerprint density at radius 2 is 1.83 bits per heavy atom. The molecule has 2 amide bonds. The zero-order chi connectivity index (χ0) is 21.5. The van der Waals surface area contributed by atoms with E-state index in [4.69, 9.17) is 4.74 Å². The van der Waals surface area contributed by atoms with Crippen molar-refractivity contribution in [2.45, 2.75) is 51.9 Å². The fourth-order valence-corrected chi connectivity index (χ4v) is 3.64. The molecule has 2 aromatic carbocycles. The van der Waals surface area contributed by atoms with Crippen molar-refractivity contribution >= 4 is 11.8 Å². The van der Waals surface area contributed by atoms with E-state index in [1.54, 1.807) is 7.11 Å². The summed E-state index contributed by atoms with van der Waals surface area (Å²) in [7, 11) is 1.62. The van der Waals surface area contributed by atoms with E-state index in [0.717, 1.165) is 17.7 Å². The molecule has 3 rings (SSSR count). The quantitative estimate of drug-likeness (QED) is 0.626. The van der Waals surface area contributed by atoms with Gasteiger partial charge < -0.3 is 20.7 Å². The second-order valence-electron chi connectivity index (χ2n) is 7.84. The van der Waals surface area contributed by atoms with E-state index in [1.807, 2.05) is 50.2 Å². The number of nitrogens with one attached hydrogen (secondary N) is 3. The first kappa shape index (κ1) is 21.8. The summed E-state index contributed by atoms with van der Waals surface area (Å²) in [5.41, 5.74) is 3.38. The third-order valence-electron chi connectivity index (χ3n) is 5.82. The Balaban J connectivity index is 1.60. The lowest BCUT2D eigenvalue weighted by molar-refractivity contribution is -0.131. The molecule has 0 saturated heterocycles. The van der Waals surface area contributed by atoms with Crippen molar-refractivity contribution in [2.24, 2.45) is 5.92 Å². The third-order valence-corrected chi connectivity index (χ3v) is 5.82. The van der Waals surface area contributed by atoms with Gasteiger partial charge in [0.05, 0.1) is 13.2 Å². The maximum absolute atomic E-state index is 12.9. The number of methoxy groups -OCH3 is 1. The smallest absolute Gasteiger partial charge is 0.243 e. The number of benzene rings is 2. The van der Waals surface area contributed by atoms with E-state index in [1.165, 1.54) is 11.1 Å². The van der Waals surface area contributed by atoms with Crippen LogP contribution in [0.3, 0.4) is 0 Å². The molecule has 1 heterocycles. The second kappa shape index (κ2) is 10.3. The Hall–Kier alpha value is -2.86. The highest BCUT2D eigenvalue weighted by molar-refractivity contribution is 5.90. The second-order valence-corrected chi connectivity index (χ2v) is 7.84. The van der Waals surface area contributed by atoms with Gasteiger partial charge in [-0.15, -0.1) is 0 Å². The van der Waals surface area contributed by atoms with E-state index in [0.29, 0.717) is 19.5 Å². The zero-order valence-corrected chi connectivity index (χ0v) is 17.9. The summed E-state index contributed by atoms with van der Waals surface area (Å²) in [5.74, 6) is 0.510. The van der Waals surface area contributed by atoms with Crippen molar-refractivity contribution < 1.29 is 14.3 Å². The summed E-state index contributed by atoms with van der Waals surface area (Å²) in [6, 6.07) is 14.8. The fourth-order valence-electron chi connectivity index (χ4n) is 3.64.